The number of nitrogens with two attached hydrogens (primary N) is 3. The maximum absolute atomic E-state index is 11.7. The summed E-state index contributed by atoms with van der Waals surface area (Å²) in [5.41, 5.74) is 20.7. The molecule has 2 aromatic carbocycles. The number of primary amides is 1. The van der Waals surface area contributed by atoms with Crippen LogP contribution >= 0.6 is 0 Å². The highest BCUT2D eigenvalue weighted by molar-refractivity contribution is 6.11. The number of carbonyl (C=O) groups is 1. The normalized spacial score (nSPS) is 10.8. The molecule has 22 heavy (non-hydrogen) atoms. The maximum atomic E-state index is 11.7. The van der Waals surface area contributed by atoms with Crippen molar-refractivity contribution in [1.82, 2.24) is 4.98 Å². The lowest BCUT2D eigenvalue weighted by molar-refractivity contribution is 0.100. The van der Waals surface area contributed by atoms with Gasteiger partial charge < -0.3 is 27.5 Å². The molecule has 1 amide bonds. The van der Waals surface area contributed by atoms with Gasteiger partial charge in [-0.3, -0.25) is 4.79 Å². The summed E-state index contributed by atoms with van der Waals surface area (Å²) in [6.45, 7) is 0.204. The van der Waals surface area contributed by atoms with E-state index < -0.39 is 5.91 Å². The smallest absolute Gasteiger partial charge is 0.253 e. The fourth-order valence-electron chi connectivity index (χ4n) is 2.59. The topological polar surface area (TPSA) is 123 Å². The molecule has 0 saturated heterocycles. The number of amides is 1. The van der Waals surface area contributed by atoms with E-state index in [0.29, 0.717) is 17.1 Å². The molecule has 1 heterocycles. The Labute approximate surface area is 127 Å². The summed E-state index contributed by atoms with van der Waals surface area (Å²) in [4.78, 5) is 14.8. The first-order chi connectivity index (χ1) is 10.6. The molecule has 0 spiro atoms. The van der Waals surface area contributed by atoms with Crippen LogP contribution in [0.4, 0.5) is 11.5 Å². The largest absolute Gasteiger partial charge is 0.399 e. The van der Waals surface area contributed by atoms with Gasteiger partial charge in [0.2, 0.25) is 0 Å². The first kappa shape index (κ1) is 14.0. The van der Waals surface area contributed by atoms with Crippen molar-refractivity contribution >= 4 is 28.3 Å². The number of rotatable bonds is 4. The van der Waals surface area contributed by atoms with Crippen molar-refractivity contribution in [2.75, 3.05) is 17.7 Å². The molecule has 3 rings (SSSR count). The zero-order chi connectivity index (χ0) is 15.7. The quantitative estimate of drug-likeness (QED) is 0.372. The van der Waals surface area contributed by atoms with E-state index in [0.717, 1.165) is 22.0 Å². The second-order valence-corrected chi connectivity index (χ2v) is 5.01. The molecule has 0 bridgehead atoms. The van der Waals surface area contributed by atoms with Crippen LogP contribution in [0.2, 0.25) is 0 Å². The maximum Gasteiger partial charge on any atom is 0.253 e. The van der Waals surface area contributed by atoms with Crippen LogP contribution < -0.4 is 22.5 Å². The summed E-state index contributed by atoms with van der Waals surface area (Å²) in [5.74, 6) is 0.0358. The third-order valence-corrected chi connectivity index (χ3v) is 3.54. The van der Waals surface area contributed by atoms with Crippen molar-refractivity contribution in [3.63, 3.8) is 0 Å². The lowest BCUT2D eigenvalue weighted by Gasteiger charge is -2.03. The molecule has 3 aromatic rings. The van der Waals surface area contributed by atoms with Crippen LogP contribution in [0.3, 0.4) is 0 Å². The van der Waals surface area contributed by atoms with Crippen LogP contribution in [-0.4, -0.2) is 17.6 Å². The van der Waals surface area contributed by atoms with E-state index in [1.807, 2.05) is 42.5 Å². The first-order valence-corrected chi connectivity index (χ1v) is 6.85. The number of H-pyrrole nitrogens is 1. The van der Waals surface area contributed by atoms with Crippen LogP contribution in [-0.2, 0) is 0 Å². The summed E-state index contributed by atoms with van der Waals surface area (Å²) in [5, 5.41) is 3.68. The molecule has 0 aliphatic carbocycles. The average Bonchev–Trinajstić information content (AvgIpc) is 2.84. The summed E-state index contributed by atoms with van der Waals surface area (Å²) in [7, 11) is 0. The Balaban J connectivity index is 2.16. The Morgan fingerprint density at radius 1 is 1.14 bits per heavy atom. The van der Waals surface area contributed by atoms with Gasteiger partial charge in [-0.25, -0.2) is 0 Å². The lowest BCUT2D eigenvalue weighted by Crippen LogP contribution is -2.17. The second-order valence-electron chi connectivity index (χ2n) is 5.01. The van der Waals surface area contributed by atoms with Crippen molar-refractivity contribution in [3.8, 4) is 11.1 Å². The number of carbonyl (C=O) groups excluding carboxylic acids is 1. The molecule has 6 nitrogen and oxygen atoms in total. The number of anilines is 2. The van der Waals surface area contributed by atoms with E-state index in [9.17, 15) is 4.79 Å². The van der Waals surface area contributed by atoms with Gasteiger partial charge in [0.1, 0.15) is 5.82 Å². The number of benzene rings is 2. The highest BCUT2D eigenvalue weighted by atomic mass is 16.1. The summed E-state index contributed by atoms with van der Waals surface area (Å²) >= 11 is 0. The molecule has 0 radical (unpaired) electrons. The van der Waals surface area contributed by atoms with Crippen LogP contribution in [0.15, 0.2) is 42.5 Å². The van der Waals surface area contributed by atoms with Gasteiger partial charge in [-0.2, -0.15) is 0 Å². The number of aromatic nitrogens is 1. The zero-order valence-corrected chi connectivity index (χ0v) is 11.9. The van der Waals surface area contributed by atoms with E-state index in [1.165, 1.54) is 0 Å². The van der Waals surface area contributed by atoms with Gasteiger partial charge in [0.25, 0.3) is 5.91 Å². The molecule has 0 unspecified atom stereocenters. The van der Waals surface area contributed by atoms with Crippen molar-refractivity contribution in [3.05, 3.63) is 48.0 Å². The summed E-state index contributed by atoms with van der Waals surface area (Å²) in [6, 6.07) is 13.4. The molecule has 6 heteroatoms. The first-order valence-electron chi connectivity index (χ1n) is 6.85. The van der Waals surface area contributed by atoms with Crippen molar-refractivity contribution in [2.24, 2.45) is 11.5 Å². The Bertz CT molecular complexity index is 853. The number of nitrogen functional groups attached to an aromatic ring is 1. The number of aromatic amines is 1. The predicted molar refractivity (Wildman–Crippen MR) is 89.3 cm³/mol. The zero-order valence-electron chi connectivity index (χ0n) is 11.9. The van der Waals surface area contributed by atoms with E-state index in [1.54, 1.807) is 0 Å². The Hall–Kier alpha value is -2.99. The SMILES string of the molecule is NCNc1[nH]c2cc(-c3cccc(N)c3)ccc2c1C(N)=O. The third kappa shape index (κ3) is 2.36. The summed E-state index contributed by atoms with van der Waals surface area (Å²) in [6.07, 6.45) is 0. The number of hydrogen-bond donors (Lipinski definition) is 5. The van der Waals surface area contributed by atoms with Crippen LogP contribution in [0, 0.1) is 0 Å². The molecular formula is C16H17N5O. The molecule has 0 aliphatic heterocycles. The molecule has 0 aliphatic rings. The molecular weight excluding hydrogens is 278 g/mol. The Kier molecular flexibility index (Phi) is 3.44. The minimum atomic E-state index is -0.501. The van der Waals surface area contributed by atoms with Crippen LogP contribution in [0.1, 0.15) is 10.4 Å². The van der Waals surface area contributed by atoms with Gasteiger partial charge in [0.05, 0.1) is 12.2 Å². The van der Waals surface area contributed by atoms with Crippen molar-refractivity contribution in [2.45, 2.75) is 0 Å². The minimum absolute atomic E-state index is 0.204. The van der Waals surface area contributed by atoms with Gasteiger partial charge >= 0.3 is 0 Å². The van der Waals surface area contributed by atoms with Crippen molar-refractivity contribution < 1.29 is 4.79 Å². The summed E-state index contributed by atoms with van der Waals surface area (Å²) < 4.78 is 0. The average molecular weight is 295 g/mol. The van der Waals surface area contributed by atoms with Gasteiger partial charge in [-0.15, -0.1) is 0 Å². The molecule has 112 valence electrons. The van der Waals surface area contributed by atoms with Crippen LogP contribution in [0.5, 0.6) is 0 Å². The molecule has 0 fully saturated rings. The standard InChI is InChI=1S/C16H17N5O/c17-8-20-16-14(15(19)22)12-5-4-10(7-13(12)21-16)9-2-1-3-11(18)6-9/h1-7,20-21H,8,17-18H2,(H2,19,22). The fourth-order valence-corrected chi connectivity index (χ4v) is 2.59. The number of nitrogens with one attached hydrogen (secondary N) is 2. The molecule has 8 N–H and O–H groups in total. The second kappa shape index (κ2) is 5.42. The number of hydrogen-bond acceptors (Lipinski definition) is 4. The van der Waals surface area contributed by atoms with E-state index >= 15 is 0 Å². The van der Waals surface area contributed by atoms with E-state index in [-0.39, 0.29) is 6.67 Å². The molecule has 1 aromatic heterocycles. The van der Waals surface area contributed by atoms with Crippen LogP contribution in [0.25, 0.3) is 22.0 Å². The number of fused-ring (bicyclic) bond motifs is 1. The van der Waals surface area contributed by atoms with Gasteiger partial charge in [-0.1, -0.05) is 24.3 Å². The van der Waals surface area contributed by atoms with Gasteiger partial charge in [-0.05, 0) is 29.3 Å². The highest BCUT2D eigenvalue weighted by Crippen LogP contribution is 2.30. The fraction of sp³-hybridized carbons (Fsp3) is 0.0625. The Morgan fingerprint density at radius 3 is 2.59 bits per heavy atom. The molecule has 0 atom stereocenters. The Morgan fingerprint density at radius 2 is 1.91 bits per heavy atom. The highest BCUT2D eigenvalue weighted by Gasteiger charge is 2.16. The lowest BCUT2D eigenvalue weighted by atomic mass is 10.0. The van der Waals surface area contributed by atoms with E-state index in [4.69, 9.17) is 17.2 Å². The van der Waals surface area contributed by atoms with Gasteiger partial charge in [0.15, 0.2) is 0 Å². The predicted octanol–water partition coefficient (Wildman–Crippen LogP) is 1.84. The third-order valence-electron chi connectivity index (χ3n) is 3.54. The monoisotopic (exact) mass is 295 g/mol. The van der Waals surface area contributed by atoms with Crippen molar-refractivity contribution in [1.29, 1.82) is 0 Å². The van der Waals surface area contributed by atoms with Gasteiger partial charge in [0, 0.05) is 16.6 Å². The minimum Gasteiger partial charge on any atom is -0.399 e. The van der Waals surface area contributed by atoms with E-state index in [2.05, 4.69) is 10.3 Å². The molecule has 0 saturated carbocycles.